The predicted octanol–water partition coefficient (Wildman–Crippen LogP) is 4.09. The Morgan fingerprint density at radius 2 is 2.10 bits per heavy atom. The average Bonchev–Trinajstić information content (AvgIpc) is 3.35. The van der Waals surface area contributed by atoms with Gasteiger partial charge in [0.05, 0.1) is 24.9 Å². The van der Waals surface area contributed by atoms with Gasteiger partial charge >= 0.3 is 5.97 Å². The molecule has 0 aliphatic heterocycles. The van der Waals surface area contributed by atoms with Crippen LogP contribution in [-0.4, -0.2) is 33.5 Å². The summed E-state index contributed by atoms with van der Waals surface area (Å²) in [6, 6.07) is 9.94. The number of hydrogen-bond donors (Lipinski definition) is 1. The molecule has 0 saturated heterocycles. The molecule has 30 heavy (non-hydrogen) atoms. The summed E-state index contributed by atoms with van der Waals surface area (Å²) in [7, 11) is 0. The molecule has 4 rings (SSSR count). The second kappa shape index (κ2) is 9.04. The zero-order valence-corrected chi connectivity index (χ0v) is 17.4. The zero-order valence-electron chi connectivity index (χ0n) is 16.6. The van der Waals surface area contributed by atoms with E-state index in [0.717, 1.165) is 24.0 Å². The first kappa shape index (κ1) is 20.0. The first-order valence-electron chi connectivity index (χ1n) is 9.85. The predicted molar refractivity (Wildman–Crippen MR) is 115 cm³/mol. The lowest BCUT2D eigenvalue weighted by molar-refractivity contribution is -0.111. The highest BCUT2D eigenvalue weighted by atomic mass is 32.1. The maximum Gasteiger partial charge on any atom is 0.341 e. The van der Waals surface area contributed by atoms with E-state index in [0.29, 0.717) is 35.3 Å². The van der Waals surface area contributed by atoms with Gasteiger partial charge in [-0.1, -0.05) is 35.5 Å². The molecule has 3 aromatic rings. The summed E-state index contributed by atoms with van der Waals surface area (Å²) in [5.74, 6) is -0.326. The lowest BCUT2D eigenvalue weighted by Gasteiger charge is -2.06. The Labute approximate surface area is 178 Å². The molecule has 154 valence electrons. The topological polar surface area (TPSA) is 86.1 Å². The van der Waals surface area contributed by atoms with Crippen molar-refractivity contribution in [2.45, 2.75) is 32.2 Å². The van der Waals surface area contributed by atoms with Gasteiger partial charge in [0, 0.05) is 6.08 Å². The molecule has 8 heteroatoms. The van der Waals surface area contributed by atoms with Crippen molar-refractivity contribution in [2.75, 3.05) is 11.9 Å². The van der Waals surface area contributed by atoms with Gasteiger partial charge in [0.2, 0.25) is 5.91 Å². The molecular formula is C22H22N4O3S. The number of carbonyl (C=O) groups is 2. The van der Waals surface area contributed by atoms with Crippen LogP contribution < -0.4 is 5.32 Å². The molecule has 1 aliphatic carbocycles. The van der Waals surface area contributed by atoms with Crippen LogP contribution in [0.4, 0.5) is 5.00 Å². The highest BCUT2D eigenvalue weighted by molar-refractivity contribution is 7.15. The third kappa shape index (κ3) is 4.83. The van der Waals surface area contributed by atoms with E-state index in [-0.39, 0.29) is 11.9 Å². The quantitative estimate of drug-likeness (QED) is 0.436. The largest absolute Gasteiger partial charge is 0.462 e. The molecule has 7 nitrogen and oxygen atoms in total. The van der Waals surface area contributed by atoms with Gasteiger partial charge < -0.3 is 10.1 Å². The van der Waals surface area contributed by atoms with Crippen molar-refractivity contribution in [2.24, 2.45) is 0 Å². The number of anilines is 1. The van der Waals surface area contributed by atoms with E-state index in [1.807, 2.05) is 35.7 Å². The SMILES string of the molecule is CCOC(=O)c1c(C2CC2)csc1NC(=O)/C=C/c1cn(Cc2ccccc2)nn1. The van der Waals surface area contributed by atoms with Crippen LogP contribution in [0.2, 0.25) is 0 Å². The Kier molecular flexibility index (Phi) is 6.04. The van der Waals surface area contributed by atoms with Gasteiger partial charge in [-0.3, -0.25) is 4.79 Å². The number of amides is 1. The number of nitrogens with zero attached hydrogens (tertiary/aromatic N) is 3. The Hall–Kier alpha value is -3.26. The third-order valence-corrected chi connectivity index (χ3v) is 5.62. The molecule has 2 heterocycles. The van der Waals surface area contributed by atoms with Crippen molar-refractivity contribution in [3.63, 3.8) is 0 Å². The monoisotopic (exact) mass is 422 g/mol. The maximum atomic E-state index is 12.4. The minimum atomic E-state index is -0.385. The van der Waals surface area contributed by atoms with Crippen molar-refractivity contribution < 1.29 is 14.3 Å². The van der Waals surface area contributed by atoms with Gasteiger partial charge in [-0.15, -0.1) is 16.4 Å². The Morgan fingerprint density at radius 1 is 1.30 bits per heavy atom. The number of carbonyl (C=O) groups excluding carboxylic acids is 2. The second-order valence-electron chi connectivity index (χ2n) is 7.04. The molecule has 0 atom stereocenters. The molecule has 0 unspecified atom stereocenters. The summed E-state index contributed by atoms with van der Waals surface area (Å²) in [4.78, 5) is 24.8. The highest BCUT2D eigenvalue weighted by Crippen LogP contribution is 2.46. The molecular weight excluding hydrogens is 400 g/mol. The van der Waals surface area contributed by atoms with E-state index >= 15 is 0 Å². The van der Waals surface area contributed by atoms with E-state index in [1.54, 1.807) is 23.9 Å². The zero-order chi connectivity index (χ0) is 20.9. The number of thiophene rings is 1. The maximum absolute atomic E-state index is 12.4. The highest BCUT2D eigenvalue weighted by Gasteiger charge is 2.32. The third-order valence-electron chi connectivity index (χ3n) is 4.70. The number of hydrogen-bond acceptors (Lipinski definition) is 6. The molecule has 0 spiro atoms. The van der Waals surface area contributed by atoms with E-state index in [9.17, 15) is 9.59 Å². The van der Waals surface area contributed by atoms with Crippen LogP contribution in [0, 0.1) is 0 Å². The van der Waals surface area contributed by atoms with Gasteiger partial charge in [-0.25, -0.2) is 9.48 Å². The number of ether oxygens (including phenoxy) is 1. The van der Waals surface area contributed by atoms with E-state index in [4.69, 9.17) is 4.74 Å². The van der Waals surface area contributed by atoms with Crippen molar-refractivity contribution in [1.29, 1.82) is 0 Å². The number of nitrogens with one attached hydrogen (secondary N) is 1. The summed E-state index contributed by atoms with van der Waals surface area (Å²) in [6.45, 7) is 2.67. The molecule has 0 radical (unpaired) electrons. The van der Waals surface area contributed by atoms with Gasteiger partial charge in [-0.2, -0.15) is 0 Å². The van der Waals surface area contributed by atoms with E-state index in [2.05, 4.69) is 15.6 Å². The van der Waals surface area contributed by atoms with Crippen LogP contribution in [0.3, 0.4) is 0 Å². The van der Waals surface area contributed by atoms with Crippen molar-refractivity contribution in [3.8, 4) is 0 Å². The molecule has 1 aliphatic rings. The van der Waals surface area contributed by atoms with Crippen LogP contribution in [0.15, 0.2) is 48.0 Å². The molecule has 1 fully saturated rings. The van der Waals surface area contributed by atoms with Crippen LogP contribution in [0.25, 0.3) is 6.08 Å². The first-order chi connectivity index (χ1) is 14.6. The van der Waals surface area contributed by atoms with Crippen molar-refractivity contribution in [1.82, 2.24) is 15.0 Å². The Morgan fingerprint density at radius 3 is 2.83 bits per heavy atom. The van der Waals surface area contributed by atoms with Crippen LogP contribution >= 0.6 is 11.3 Å². The van der Waals surface area contributed by atoms with Crippen LogP contribution in [0.5, 0.6) is 0 Å². The molecule has 1 amide bonds. The summed E-state index contributed by atoms with van der Waals surface area (Å²) in [5.41, 5.74) is 3.16. The summed E-state index contributed by atoms with van der Waals surface area (Å²) in [6.07, 6.45) is 6.90. The van der Waals surface area contributed by atoms with Crippen molar-refractivity contribution >= 4 is 34.3 Å². The van der Waals surface area contributed by atoms with Gasteiger partial charge in [0.25, 0.3) is 0 Å². The normalized spacial score (nSPS) is 13.5. The molecule has 1 aromatic carbocycles. The number of benzene rings is 1. The average molecular weight is 423 g/mol. The smallest absolute Gasteiger partial charge is 0.341 e. The fraction of sp³-hybridized carbons (Fsp3) is 0.273. The van der Waals surface area contributed by atoms with Gasteiger partial charge in [0.1, 0.15) is 10.7 Å². The second-order valence-corrected chi connectivity index (χ2v) is 7.92. The molecule has 1 N–H and O–H groups in total. The minimum Gasteiger partial charge on any atom is -0.462 e. The fourth-order valence-electron chi connectivity index (χ4n) is 3.12. The number of esters is 1. The lowest BCUT2D eigenvalue weighted by Crippen LogP contribution is -2.13. The summed E-state index contributed by atoms with van der Waals surface area (Å²) >= 11 is 1.36. The minimum absolute atomic E-state index is 0.296. The number of rotatable bonds is 8. The van der Waals surface area contributed by atoms with E-state index in [1.165, 1.54) is 17.4 Å². The van der Waals surface area contributed by atoms with Crippen LogP contribution in [-0.2, 0) is 16.1 Å². The molecule has 2 aromatic heterocycles. The Balaban J connectivity index is 1.41. The van der Waals surface area contributed by atoms with Crippen LogP contribution in [0.1, 0.15) is 52.9 Å². The van der Waals surface area contributed by atoms with Gasteiger partial charge in [-0.05, 0) is 48.3 Å². The van der Waals surface area contributed by atoms with Gasteiger partial charge in [0.15, 0.2) is 0 Å². The molecule has 1 saturated carbocycles. The standard InChI is InChI=1S/C22H22N4O3S/c1-2-29-22(28)20-18(16-8-9-16)14-30-21(20)23-19(27)11-10-17-13-26(25-24-17)12-15-6-4-3-5-7-15/h3-7,10-11,13-14,16H,2,8-9,12H2,1H3,(H,23,27)/b11-10+. The fourth-order valence-corrected chi connectivity index (χ4v) is 4.16. The number of aromatic nitrogens is 3. The summed E-state index contributed by atoms with van der Waals surface area (Å²) < 4.78 is 6.90. The summed E-state index contributed by atoms with van der Waals surface area (Å²) in [5, 5.41) is 13.4. The van der Waals surface area contributed by atoms with E-state index < -0.39 is 0 Å². The van der Waals surface area contributed by atoms with Crippen molar-refractivity contribution in [3.05, 3.63) is 70.4 Å². The Bertz CT molecular complexity index is 1070. The first-order valence-corrected chi connectivity index (χ1v) is 10.7. The molecule has 0 bridgehead atoms. The lowest BCUT2D eigenvalue weighted by atomic mass is 10.1.